The number of rotatable bonds is 4. The van der Waals surface area contributed by atoms with Crippen LogP contribution in [-0.4, -0.2) is 48.5 Å². The van der Waals surface area contributed by atoms with Gasteiger partial charge in [-0.25, -0.2) is 4.98 Å². The second-order valence-electron chi connectivity index (χ2n) is 7.14. The van der Waals surface area contributed by atoms with Gasteiger partial charge in [-0.3, -0.25) is 9.69 Å². The van der Waals surface area contributed by atoms with Gasteiger partial charge >= 0.3 is 12.4 Å². The van der Waals surface area contributed by atoms with Crippen molar-refractivity contribution in [2.75, 3.05) is 42.9 Å². The molecule has 3 rings (SSSR count). The number of pyridine rings is 1. The average molecular weight is 446 g/mol. The smallest absolute Gasteiger partial charge is 0.355 e. The van der Waals surface area contributed by atoms with Crippen molar-refractivity contribution in [2.45, 2.75) is 18.8 Å². The summed E-state index contributed by atoms with van der Waals surface area (Å²) in [4.78, 5) is 19.9. The largest absolute Gasteiger partial charge is 0.417 e. The van der Waals surface area contributed by atoms with E-state index in [9.17, 15) is 31.1 Å². The first-order valence-corrected chi connectivity index (χ1v) is 9.50. The monoisotopic (exact) mass is 446 g/mol. The Hall–Kier alpha value is -2.82. The Morgan fingerprint density at radius 2 is 1.52 bits per heavy atom. The number of aromatic nitrogens is 1. The van der Waals surface area contributed by atoms with Crippen LogP contribution < -0.4 is 10.2 Å². The van der Waals surface area contributed by atoms with Crippen LogP contribution in [0.4, 0.5) is 37.8 Å². The summed E-state index contributed by atoms with van der Waals surface area (Å²) in [5, 5.41) is 2.57. The summed E-state index contributed by atoms with van der Waals surface area (Å²) in [7, 11) is 0. The van der Waals surface area contributed by atoms with Crippen molar-refractivity contribution in [3.8, 4) is 0 Å². The van der Waals surface area contributed by atoms with E-state index in [0.717, 1.165) is 24.4 Å². The maximum Gasteiger partial charge on any atom is 0.417 e. The maximum absolute atomic E-state index is 12.7. The lowest BCUT2D eigenvalue weighted by Gasteiger charge is -2.22. The zero-order chi connectivity index (χ0) is 22.6. The van der Waals surface area contributed by atoms with E-state index >= 15 is 0 Å². The molecule has 1 amide bonds. The molecule has 0 spiro atoms. The van der Waals surface area contributed by atoms with Gasteiger partial charge in [-0.2, -0.15) is 26.3 Å². The number of halogens is 6. The minimum Gasteiger partial charge on any atom is -0.355 e. The number of hydrogen-bond donors (Lipinski definition) is 1. The van der Waals surface area contributed by atoms with Gasteiger partial charge in [-0.1, -0.05) is 0 Å². The summed E-state index contributed by atoms with van der Waals surface area (Å²) in [6.45, 7) is 2.19. The molecule has 31 heavy (non-hydrogen) atoms. The van der Waals surface area contributed by atoms with E-state index in [-0.39, 0.29) is 18.1 Å². The van der Waals surface area contributed by atoms with E-state index in [2.05, 4.69) is 10.3 Å². The van der Waals surface area contributed by atoms with Crippen LogP contribution in [0, 0.1) is 0 Å². The van der Waals surface area contributed by atoms with E-state index in [1.165, 1.54) is 18.2 Å². The van der Waals surface area contributed by atoms with Crippen LogP contribution in [0.5, 0.6) is 0 Å². The predicted octanol–water partition coefficient (Wildman–Crippen LogP) is 4.27. The summed E-state index contributed by atoms with van der Waals surface area (Å²) in [5.74, 6) is 0.0740. The summed E-state index contributed by atoms with van der Waals surface area (Å²) in [5.41, 5.74) is -1.34. The number of nitrogens with zero attached hydrogens (tertiary/aromatic N) is 3. The maximum atomic E-state index is 12.7. The Labute approximate surface area is 174 Å². The molecular weight excluding hydrogens is 426 g/mol. The Balaban J connectivity index is 1.52. The standard InChI is InChI=1S/C20H20F6N4O/c21-19(22,23)14-2-5-16(6-3-14)28-18(31)13-29-8-1-9-30(11-10-29)17-7-4-15(12-27-17)20(24,25)26/h2-7,12H,1,8-11,13H2,(H,28,31). The number of amides is 1. The summed E-state index contributed by atoms with van der Waals surface area (Å²) >= 11 is 0. The second kappa shape index (κ2) is 9.13. The molecule has 0 saturated carbocycles. The third kappa shape index (κ3) is 6.33. The molecule has 0 unspecified atom stereocenters. The Morgan fingerprint density at radius 3 is 2.10 bits per heavy atom. The number of carbonyl (C=O) groups excluding carboxylic acids is 1. The Bertz CT molecular complexity index is 881. The van der Waals surface area contributed by atoms with Crippen LogP contribution in [0.2, 0.25) is 0 Å². The lowest BCUT2D eigenvalue weighted by atomic mass is 10.2. The van der Waals surface area contributed by atoms with Crippen molar-refractivity contribution in [3.05, 3.63) is 53.7 Å². The van der Waals surface area contributed by atoms with Crippen LogP contribution in [0.25, 0.3) is 0 Å². The SMILES string of the molecule is O=C(CN1CCCN(c2ccc(C(F)(F)F)cn2)CC1)Nc1ccc(C(F)(F)F)cc1. The molecular formula is C20H20F6N4O. The van der Waals surface area contributed by atoms with Gasteiger partial charge in [0.2, 0.25) is 5.91 Å². The van der Waals surface area contributed by atoms with Gasteiger partial charge in [0.1, 0.15) is 5.82 Å². The number of benzene rings is 1. The highest BCUT2D eigenvalue weighted by atomic mass is 19.4. The number of nitrogens with one attached hydrogen (secondary N) is 1. The van der Waals surface area contributed by atoms with Crippen molar-refractivity contribution in [2.24, 2.45) is 0 Å². The predicted molar refractivity (Wildman–Crippen MR) is 103 cm³/mol. The number of anilines is 2. The van der Waals surface area contributed by atoms with Gasteiger partial charge in [-0.05, 0) is 42.8 Å². The molecule has 0 radical (unpaired) electrons. The van der Waals surface area contributed by atoms with Crippen LogP contribution in [0.3, 0.4) is 0 Å². The highest BCUT2D eigenvalue weighted by molar-refractivity contribution is 5.92. The fourth-order valence-corrected chi connectivity index (χ4v) is 3.25. The summed E-state index contributed by atoms with van der Waals surface area (Å²) < 4.78 is 75.8. The first-order chi connectivity index (χ1) is 14.5. The molecule has 1 aromatic carbocycles. The molecule has 1 saturated heterocycles. The van der Waals surface area contributed by atoms with Crippen molar-refractivity contribution >= 4 is 17.4 Å². The minimum atomic E-state index is -4.44. The summed E-state index contributed by atoms with van der Waals surface area (Å²) in [6.07, 6.45) is -7.41. The van der Waals surface area contributed by atoms with Gasteiger partial charge < -0.3 is 10.2 Å². The molecule has 1 aliphatic heterocycles. The topological polar surface area (TPSA) is 48.5 Å². The quantitative estimate of drug-likeness (QED) is 0.713. The molecule has 0 atom stereocenters. The third-order valence-electron chi connectivity index (χ3n) is 4.85. The van der Waals surface area contributed by atoms with E-state index in [4.69, 9.17) is 0 Å². The highest BCUT2D eigenvalue weighted by Gasteiger charge is 2.31. The first kappa shape index (κ1) is 22.9. The summed E-state index contributed by atoms with van der Waals surface area (Å²) in [6, 6.07) is 6.51. The van der Waals surface area contributed by atoms with Crippen LogP contribution in [-0.2, 0) is 17.1 Å². The van der Waals surface area contributed by atoms with Crippen molar-refractivity contribution in [3.63, 3.8) is 0 Å². The fourth-order valence-electron chi connectivity index (χ4n) is 3.25. The zero-order valence-electron chi connectivity index (χ0n) is 16.3. The van der Waals surface area contributed by atoms with Crippen LogP contribution in [0.15, 0.2) is 42.6 Å². The van der Waals surface area contributed by atoms with Gasteiger partial charge in [-0.15, -0.1) is 0 Å². The Kier molecular flexibility index (Phi) is 6.73. The lowest BCUT2D eigenvalue weighted by Crippen LogP contribution is -2.36. The van der Waals surface area contributed by atoms with Gasteiger partial charge in [0.15, 0.2) is 0 Å². The first-order valence-electron chi connectivity index (χ1n) is 9.50. The van der Waals surface area contributed by atoms with Crippen LogP contribution in [0.1, 0.15) is 17.5 Å². The average Bonchev–Trinajstić information content (AvgIpc) is 2.92. The van der Waals surface area contributed by atoms with Crippen LogP contribution >= 0.6 is 0 Å². The number of alkyl halides is 6. The molecule has 0 bridgehead atoms. The second-order valence-corrected chi connectivity index (χ2v) is 7.14. The molecule has 11 heteroatoms. The molecule has 1 fully saturated rings. The van der Waals surface area contributed by atoms with E-state index in [1.54, 1.807) is 0 Å². The number of hydrogen-bond acceptors (Lipinski definition) is 4. The highest BCUT2D eigenvalue weighted by Crippen LogP contribution is 2.30. The van der Waals surface area contributed by atoms with E-state index in [0.29, 0.717) is 38.4 Å². The molecule has 1 aliphatic rings. The molecule has 1 N–H and O–H groups in total. The van der Waals surface area contributed by atoms with E-state index in [1.807, 2.05) is 9.80 Å². The van der Waals surface area contributed by atoms with Crippen molar-refractivity contribution < 1.29 is 31.1 Å². The zero-order valence-corrected chi connectivity index (χ0v) is 16.3. The molecule has 5 nitrogen and oxygen atoms in total. The molecule has 0 aliphatic carbocycles. The third-order valence-corrected chi connectivity index (χ3v) is 4.85. The minimum absolute atomic E-state index is 0.0509. The van der Waals surface area contributed by atoms with Gasteiger partial charge in [0, 0.05) is 38.1 Å². The lowest BCUT2D eigenvalue weighted by molar-refractivity contribution is -0.138. The Morgan fingerprint density at radius 1 is 0.871 bits per heavy atom. The van der Waals surface area contributed by atoms with Gasteiger partial charge in [0.05, 0.1) is 17.7 Å². The van der Waals surface area contributed by atoms with Crippen molar-refractivity contribution in [1.29, 1.82) is 0 Å². The normalized spacial score (nSPS) is 16.1. The van der Waals surface area contributed by atoms with E-state index < -0.39 is 23.5 Å². The van der Waals surface area contributed by atoms with Crippen molar-refractivity contribution in [1.82, 2.24) is 9.88 Å². The molecule has 168 valence electrons. The molecule has 2 aromatic rings. The molecule has 2 heterocycles. The number of carbonyl (C=O) groups is 1. The molecule has 1 aromatic heterocycles. The fraction of sp³-hybridized carbons (Fsp3) is 0.400. The van der Waals surface area contributed by atoms with Gasteiger partial charge in [0.25, 0.3) is 0 Å².